The number of aliphatic imine (C=N–C) groups is 1. The molecule has 0 spiro atoms. The number of ether oxygens (including phenoxy) is 1. The van der Waals surface area contributed by atoms with Gasteiger partial charge in [0.2, 0.25) is 0 Å². The molecule has 1 saturated heterocycles. The van der Waals surface area contributed by atoms with Gasteiger partial charge in [-0.2, -0.15) is 0 Å². The van der Waals surface area contributed by atoms with E-state index in [1.54, 1.807) is 0 Å². The van der Waals surface area contributed by atoms with Crippen LogP contribution in [0, 0.1) is 0 Å². The van der Waals surface area contributed by atoms with Crippen molar-refractivity contribution in [2.45, 2.75) is 58.7 Å². The number of guanidine groups is 1. The molecule has 140 valence electrons. The first-order valence-corrected chi connectivity index (χ1v) is 9.38. The summed E-state index contributed by atoms with van der Waals surface area (Å²) in [4.78, 5) is 6.89. The van der Waals surface area contributed by atoms with Crippen molar-refractivity contribution in [1.82, 2.24) is 15.5 Å². The number of likely N-dealkylation sites (tertiary alicyclic amines) is 1. The normalized spacial score (nSPS) is 19.1. The van der Waals surface area contributed by atoms with Crippen LogP contribution in [0.3, 0.4) is 0 Å². The fraction of sp³-hybridized carbons (Fsp3) is 0.650. The summed E-state index contributed by atoms with van der Waals surface area (Å²) in [5.74, 6) is 1.76. The highest BCUT2D eigenvalue weighted by Gasteiger charge is 2.22. The average molecular weight is 347 g/mol. The van der Waals surface area contributed by atoms with Crippen molar-refractivity contribution in [3.05, 3.63) is 29.8 Å². The molecule has 0 amide bonds. The summed E-state index contributed by atoms with van der Waals surface area (Å²) in [5, 5.41) is 6.88. The van der Waals surface area contributed by atoms with Crippen molar-refractivity contribution in [3.8, 4) is 5.75 Å². The minimum Gasteiger partial charge on any atom is -0.488 e. The number of nitrogens with one attached hydrogen (secondary N) is 2. The lowest BCUT2D eigenvalue weighted by Gasteiger charge is -2.25. The molecule has 0 radical (unpaired) electrons. The molecule has 2 rings (SSSR count). The smallest absolute Gasteiger partial charge is 0.191 e. The quantitative estimate of drug-likeness (QED) is 0.614. The summed E-state index contributed by atoms with van der Waals surface area (Å²) in [6.07, 6.45) is 2.56. The largest absolute Gasteiger partial charge is 0.488 e. The molecule has 1 unspecified atom stereocenters. The molecule has 2 N–H and O–H groups in total. The predicted molar refractivity (Wildman–Crippen MR) is 105 cm³/mol. The van der Waals surface area contributed by atoms with Crippen LogP contribution in [0.4, 0.5) is 0 Å². The third-order valence-electron chi connectivity index (χ3n) is 4.47. The minimum absolute atomic E-state index is 0.206. The van der Waals surface area contributed by atoms with E-state index in [1.807, 2.05) is 25.2 Å². The first-order valence-electron chi connectivity index (χ1n) is 9.38. The van der Waals surface area contributed by atoms with Crippen LogP contribution >= 0.6 is 0 Å². The number of hydrogen-bond acceptors (Lipinski definition) is 3. The van der Waals surface area contributed by atoms with Crippen LogP contribution in [0.2, 0.25) is 0 Å². The Morgan fingerprint density at radius 3 is 2.72 bits per heavy atom. The average Bonchev–Trinajstić information content (AvgIpc) is 3.02. The molecule has 1 aliphatic rings. The highest BCUT2D eigenvalue weighted by atomic mass is 16.5. The Morgan fingerprint density at radius 2 is 2.04 bits per heavy atom. The van der Waals surface area contributed by atoms with Crippen molar-refractivity contribution < 1.29 is 4.74 Å². The second-order valence-electron chi connectivity index (χ2n) is 7.55. The molecule has 1 aliphatic heterocycles. The number of benzene rings is 1. The molecule has 5 nitrogen and oxygen atoms in total. The fourth-order valence-corrected chi connectivity index (χ4v) is 3.24. The van der Waals surface area contributed by atoms with Crippen molar-refractivity contribution in [3.63, 3.8) is 0 Å². The Bertz CT molecular complexity index is 565. The lowest BCUT2D eigenvalue weighted by molar-refractivity contribution is 0.129. The fourth-order valence-electron chi connectivity index (χ4n) is 3.24. The van der Waals surface area contributed by atoms with Crippen LogP contribution in [0.15, 0.2) is 29.3 Å². The Labute approximate surface area is 152 Å². The van der Waals surface area contributed by atoms with Crippen LogP contribution in [0.1, 0.15) is 46.1 Å². The SMILES string of the molecule is CCN1CCCC1CNC(=NC)NCc1ccccc1OC(C)(C)C. The van der Waals surface area contributed by atoms with Gasteiger partial charge in [0, 0.05) is 31.7 Å². The van der Waals surface area contributed by atoms with E-state index in [0.717, 1.165) is 30.4 Å². The molecular weight excluding hydrogens is 312 g/mol. The van der Waals surface area contributed by atoms with E-state index in [2.05, 4.69) is 54.3 Å². The lowest BCUT2D eigenvalue weighted by atomic mass is 10.1. The molecule has 5 heteroatoms. The van der Waals surface area contributed by atoms with E-state index >= 15 is 0 Å². The van der Waals surface area contributed by atoms with Crippen molar-refractivity contribution in [2.75, 3.05) is 26.7 Å². The molecule has 1 aromatic rings. The Kier molecular flexibility index (Phi) is 7.12. The summed E-state index contributed by atoms with van der Waals surface area (Å²) >= 11 is 0. The third kappa shape index (κ3) is 6.24. The monoisotopic (exact) mass is 346 g/mol. The van der Waals surface area contributed by atoms with Crippen LogP contribution in [0.25, 0.3) is 0 Å². The van der Waals surface area contributed by atoms with Gasteiger partial charge in [-0.25, -0.2) is 0 Å². The van der Waals surface area contributed by atoms with Gasteiger partial charge >= 0.3 is 0 Å². The van der Waals surface area contributed by atoms with Crippen LogP contribution in [0.5, 0.6) is 5.75 Å². The maximum Gasteiger partial charge on any atom is 0.191 e. The minimum atomic E-state index is -0.206. The highest BCUT2D eigenvalue weighted by Crippen LogP contribution is 2.22. The van der Waals surface area contributed by atoms with Gasteiger partial charge in [-0.3, -0.25) is 9.89 Å². The topological polar surface area (TPSA) is 48.9 Å². The van der Waals surface area contributed by atoms with Crippen LogP contribution in [-0.4, -0.2) is 49.2 Å². The zero-order valence-electron chi connectivity index (χ0n) is 16.4. The van der Waals surface area contributed by atoms with Gasteiger partial charge in [-0.05, 0) is 52.8 Å². The van der Waals surface area contributed by atoms with Gasteiger partial charge < -0.3 is 15.4 Å². The van der Waals surface area contributed by atoms with Gasteiger partial charge in [0.05, 0.1) is 0 Å². The molecule has 1 heterocycles. The molecule has 25 heavy (non-hydrogen) atoms. The number of rotatable bonds is 6. The molecule has 0 aromatic heterocycles. The van der Waals surface area contributed by atoms with Gasteiger partial charge in [0.1, 0.15) is 11.4 Å². The van der Waals surface area contributed by atoms with Crippen LogP contribution < -0.4 is 15.4 Å². The Morgan fingerprint density at radius 1 is 1.28 bits per heavy atom. The van der Waals surface area contributed by atoms with E-state index < -0.39 is 0 Å². The van der Waals surface area contributed by atoms with Gasteiger partial charge in [-0.15, -0.1) is 0 Å². The van der Waals surface area contributed by atoms with Gasteiger partial charge in [0.25, 0.3) is 0 Å². The molecule has 1 fully saturated rings. The van der Waals surface area contributed by atoms with E-state index in [4.69, 9.17) is 4.74 Å². The molecule has 0 bridgehead atoms. The molecule has 1 atom stereocenters. The first kappa shape index (κ1) is 19.6. The summed E-state index contributed by atoms with van der Waals surface area (Å²) in [6, 6.07) is 8.78. The third-order valence-corrected chi connectivity index (χ3v) is 4.47. The molecule has 0 aliphatic carbocycles. The van der Waals surface area contributed by atoms with Crippen molar-refractivity contribution in [1.29, 1.82) is 0 Å². The summed E-state index contributed by atoms with van der Waals surface area (Å²) in [5.41, 5.74) is 0.929. The maximum atomic E-state index is 6.06. The zero-order valence-corrected chi connectivity index (χ0v) is 16.4. The number of hydrogen-bond donors (Lipinski definition) is 2. The number of para-hydroxylation sites is 1. The summed E-state index contributed by atoms with van der Waals surface area (Å²) in [7, 11) is 1.82. The molecular formula is C20H34N4O. The molecule has 1 aromatic carbocycles. The van der Waals surface area contributed by atoms with E-state index in [-0.39, 0.29) is 5.60 Å². The predicted octanol–water partition coefficient (Wildman–Crippen LogP) is 3.01. The second-order valence-corrected chi connectivity index (χ2v) is 7.55. The number of likely N-dealkylation sites (N-methyl/N-ethyl adjacent to an activating group) is 1. The molecule has 0 saturated carbocycles. The van der Waals surface area contributed by atoms with Gasteiger partial charge in [-0.1, -0.05) is 25.1 Å². The first-order chi connectivity index (χ1) is 11.9. The summed E-state index contributed by atoms with van der Waals surface area (Å²) in [6.45, 7) is 12.4. The lowest BCUT2D eigenvalue weighted by Crippen LogP contribution is -2.44. The number of nitrogens with zero attached hydrogens (tertiary/aromatic N) is 2. The highest BCUT2D eigenvalue weighted by molar-refractivity contribution is 5.79. The van der Waals surface area contributed by atoms with Crippen molar-refractivity contribution >= 4 is 5.96 Å². The summed E-state index contributed by atoms with van der Waals surface area (Å²) < 4.78 is 6.06. The van der Waals surface area contributed by atoms with Crippen molar-refractivity contribution in [2.24, 2.45) is 4.99 Å². The van der Waals surface area contributed by atoms with E-state index in [1.165, 1.54) is 19.4 Å². The van der Waals surface area contributed by atoms with E-state index in [9.17, 15) is 0 Å². The second kappa shape index (κ2) is 9.09. The van der Waals surface area contributed by atoms with Gasteiger partial charge in [0.15, 0.2) is 5.96 Å². The standard InChI is InChI=1S/C20H34N4O/c1-6-24-13-9-11-17(24)15-23-19(21-5)22-14-16-10-7-8-12-18(16)25-20(2,3)4/h7-8,10,12,17H,6,9,11,13-15H2,1-5H3,(H2,21,22,23). The Balaban J connectivity index is 1.89. The van der Waals surface area contributed by atoms with E-state index in [0.29, 0.717) is 12.6 Å². The Hall–Kier alpha value is -1.75. The van der Waals surface area contributed by atoms with Crippen LogP contribution in [-0.2, 0) is 6.54 Å². The maximum absolute atomic E-state index is 6.06. The zero-order chi connectivity index (χ0) is 18.3.